The lowest BCUT2D eigenvalue weighted by molar-refractivity contribution is -0.00799. The number of pyridine rings is 2. The number of aliphatic hydroxyl groups is 1. The van der Waals surface area contributed by atoms with Gasteiger partial charge in [0.25, 0.3) is 0 Å². The maximum absolute atomic E-state index is 13.7. The molecular formula is C30H41BrClN5O4Si. The van der Waals surface area contributed by atoms with Crippen molar-refractivity contribution in [1.82, 2.24) is 24.4 Å². The van der Waals surface area contributed by atoms with Gasteiger partial charge < -0.3 is 14.6 Å². The Labute approximate surface area is 262 Å². The highest BCUT2D eigenvalue weighted by atomic mass is 79.9. The van der Waals surface area contributed by atoms with Gasteiger partial charge in [-0.3, -0.25) is 19.4 Å². The van der Waals surface area contributed by atoms with Crippen LogP contribution in [0.3, 0.4) is 0 Å². The number of hydrogen-bond acceptors (Lipinski definition) is 7. The number of amides is 1. The number of halogens is 2. The highest BCUT2D eigenvalue weighted by molar-refractivity contribution is 9.10. The first-order valence-corrected chi connectivity index (χ1v) is 19.2. The van der Waals surface area contributed by atoms with Crippen molar-refractivity contribution in [2.45, 2.75) is 96.2 Å². The molecule has 1 aliphatic rings. The van der Waals surface area contributed by atoms with Gasteiger partial charge in [-0.05, 0) is 86.3 Å². The fourth-order valence-corrected chi connectivity index (χ4v) is 6.39. The zero-order valence-electron chi connectivity index (χ0n) is 25.2. The van der Waals surface area contributed by atoms with Crippen molar-refractivity contribution in [3.63, 3.8) is 0 Å². The molecule has 1 amide bonds. The smallest absolute Gasteiger partial charge is 0.411 e. The van der Waals surface area contributed by atoms with Gasteiger partial charge in [-0.25, -0.2) is 9.78 Å². The largest absolute Gasteiger partial charge is 0.444 e. The van der Waals surface area contributed by atoms with Crippen molar-refractivity contribution in [2.24, 2.45) is 0 Å². The van der Waals surface area contributed by atoms with Crippen molar-refractivity contribution < 1.29 is 19.4 Å². The van der Waals surface area contributed by atoms with Gasteiger partial charge in [-0.15, -0.1) is 0 Å². The lowest BCUT2D eigenvalue weighted by Gasteiger charge is -2.42. The maximum atomic E-state index is 13.7. The molecule has 0 aliphatic carbocycles. The molecule has 4 heterocycles. The standard InChI is InChI=1S/C30H41BrClN5O4Si/c1-30(2,3)41-29(39)37-23(13-8-14-24(37)26-20(32)10-9-15-33-26)21-11-7-12-22(35-21)27(38)25-18-34-28(31)36(25)19-40-16-17-42(4,5)6/h7,9-12,15,18,23-24,27,38H,8,13-14,16-17,19H2,1-6H3/t23-,24+,27?/m1/s1. The van der Waals surface area contributed by atoms with Crippen LogP contribution in [0, 0.1) is 0 Å². The number of rotatable bonds is 9. The summed E-state index contributed by atoms with van der Waals surface area (Å²) in [5.74, 6) is 0. The predicted octanol–water partition coefficient (Wildman–Crippen LogP) is 7.69. The Morgan fingerprint density at radius 2 is 1.90 bits per heavy atom. The molecular weight excluding hydrogens is 638 g/mol. The van der Waals surface area contributed by atoms with Crippen molar-refractivity contribution in [1.29, 1.82) is 0 Å². The van der Waals surface area contributed by atoms with Crippen molar-refractivity contribution in [3.8, 4) is 0 Å². The molecule has 3 aromatic heterocycles. The summed E-state index contributed by atoms with van der Waals surface area (Å²) < 4.78 is 14.2. The van der Waals surface area contributed by atoms with Crippen LogP contribution in [0.5, 0.6) is 0 Å². The second kappa shape index (κ2) is 13.5. The number of nitrogens with zero attached hydrogens (tertiary/aromatic N) is 5. The Morgan fingerprint density at radius 3 is 2.60 bits per heavy atom. The summed E-state index contributed by atoms with van der Waals surface area (Å²) in [6.45, 7) is 13.4. The van der Waals surface area contributed by atoms with Gasteiger partial charge >= 0.3 is 6.09 Å². The van der Waals surface area contributed by atoms with Crippen LogP contribution in [0.25, 0.3) is 0 Å². The summed E-state index contributed by atoms with van der Waals surface area (Å²) in [7, 11) is -1.23. The quantitative estimate of drug-likeness (QED) is 0.183. The number of likely N-dealkylation sites (tertiary alicyclic amines) is 1. The molecule has 0 spiro atoms. The lowest BCUT2D eigenvalue weighted by Crippen LogP contribution is -2.44. The summed E-state index contributed by atoms with van der Waals surface area (Å²) in [6.07, 6.45) is 4.01. The topological polar surface area (TPSA) is 103 Å². The first-order chi connectivity index (χ1) is 19.7. The van der Waals surface area contributed by atoms with Gasteiger partial charge in [0.15, 0.2) is 4.73 Å². The molecule has 0 radical (unpaired) electrons. The van der Waals surface area contributed by atoms with E-state index in [9.17, 15) is 9.90 Å². The Balaban J connectivity index is 1.63. The van der Waals surface area contributed by atoms with Crippen LogP contribution in [0.2, 0.25) is 30.7 Å². The van der Waals surface area contributed by atoms with E-state index < -0.39 is 31.9 Å². The molecule has 0 bridgehead atoms. The van der Waals surface area contributed by atoms with Gasteiger partial charge in [0, 0.05) is 20.9 Å². The number of piperidine rings is 1. The summed E-state index contributed by atoms with van der Waals surface area (Å²) in [5.41, 5.74) is 1.61. The van der Waals surface area contributed by atoms with E-state index in [1.807, 2.05) is 32.9 Å². The van der Waals surface area contributed by atoms with E-state index in [0.717, 1.165) is 12.5 Å². The molecule has 4 rings (SSSR count). The van der Waals surface area contributed by atoms with Crippen LogP contribution < -0.4 is 0 Å². The van der Waals surface area contributed by atoms with E-state index in [0.29, 0.717) is 52.0 Å². The minimum atomic E-state index is -1.23. The van der Waals surface area contributed by atoms with Crippen LogP contribution in [-0.4, -0.2) is 55.9 Å². The predicted molar refractivity (Wildman–Crippen MR) is 169 cm³/mol. The second-order valence-corrected chi connectivity index (χ2v) is 19.6. The molecule has 0 aromatic carbocycles. The molecule has 1 fully saturated rings. The first kappa shape index (κ1) is 32.6. The molecule has 42 heavy (non-hydrogen) atoms. The highest BCUT2D eigenvalue weighted by Crippen LogP contribution is 2.43. The number of aliphatic hydroxyl groups excluding tert-OH is 1. The average Bonchev–Trinajstić information content (AvgIpc) is 3.29. The van der Waals surface area contributed by atoms with E-state index >= 15 is 0 Å². The van der Waals surface area contributed by atoms with Crippen molar-refractivity contribution in [2.75, 3.05) is 6.61 Å². The summed E-state index contributed by atoms with van der Waals surface area (Å²) >= 11 is 10.0. The third-order valence-corrected chi connectivity index (χ3v) is 9.74. The minimum absolute atomic E-state index is 0.263. The summed E-state index contributed by atoms with van der Waals surface area (Å²) in [4.78, 5) is 29.2. The van der Waals surface area contributed by atoms with Gasteiger partial charge in [-0.1, -0.05) is 37.3 Å². The molecule has 1 unspecified atom stereocenters. The Morgan fingerprint density at radius 1 is 1.17 bits per heavy atom. The Kier molecular flexibility index (Phi) is 10.5. The fraction of sp³-hybridized carbons (Fsp3) is 0.533. The number of aromatic nitrogens is 4. The van der Waals surface area contributed by atoms with Gasteiger partial charge in [0.2, 0.25) is 0 Å². The number of carbonyl (C=O) groups excluding carboxylic acids is 1. The van der Waals surface area contributed by atoms with Crippen LogP contribution in [0.4, 0.5) is 4.79 Å². The zero-order valence-corrected chi connectivity index (χ0v) is 28.5. The van der Waals surface area contributed by atoms with Crippen molar-refractivity contribution in [3.05, 3.63) is 75.3 Å². The van der Waals surface area contributed by atoms with E-state index in [4.69, 9.17) is 26.1 Å². The number of ether oxygens (including phenoxy) is 2. The molecule has 1 N–H and O–H groups in total. The Hall–Kier alpha value is -2.31. The van der Waals surface area contributed by atoms with E-state index in [1.54, 1.807) is 40.1 Å². The second-order valence-electron chi connectivity index (χ2n) is 12.8. The molecule has 1 aliphatic heterocycles. The van der Waals surface area contributed by atoms with Gasteiger partial charge in [-0.2, -0.15) is 0 Å². The van der Waals surface area contributed by atoms with Gasteiger partial charge in [0.05, 0.1) is 46.1 Å². The molecule has 0 saturated carbocycles. The normalized spacial score (nSPS) is 18.6. The van der Waals surface area contributed by atoms with E-state index in [2.05, 4.69) is 45.5 Å². The van der Waals surface area contributed by atoms with Crippen molar-refractivity contribution >= 4 is 41.7 Å². The molecule has 3 atom stereocenters. The molecule has 3 aromatic rings. The monoisotopic (exact) mass is 677 g/mol. The molecule has 9 nitrogen and oxygen atoms in total. The van der Waals surface area contributed by atoms with Crippen LogP contribution >= 0.6 is 27.5 Å². The minimum Gasteiger partial charge on any atom is -0.444 e. The number of imidazole rings is 1. The molecule has 1 saturated heterocycles. The zero-order chi connectivity index (χ0) is 30.7. The SMILES string of the molecule is CC(C)(C)OC(=O)N1[C@@H](c2cccc(C(O)c3cnc(Br)n3COCC[Si](C)(C)C)n2)CCC[C@H]1c1ncccc1Cl. The molecule has 12 heteroatoms. The fourth-order valence-electron chi connectivity index (χ4n) is 4.97. The maximum Gasteiger partial charge on any atom is 0.411 e. The van der Waals surface area contributed by atoms with E-state index in [-0.39, 0.29) is 12.8 Å². The third kappa shape index (κ3) is 8.19. The van der Waals surface area contributed by atoms with Gasteiger partial charge in [0.1, 0.15) is 18.4 Å². The van der Waals surface area contributed by atoms with Crippen LogP contribution in [-0.2, 0) is 16.2 Å². The van der Waals surface area contributed by atoms with E-state index in [1.165, 1.54) is 0 Å². The lowest BCUT2D eigenvalue weighted by atomic mass is 9.91. The summed E-state index contributed by atoms with van der Waals surface area (Å²) in [5, 5.41) is 12.0. The third-order valence-electron chi connectivity index (χ3n) is 7.08. The average molecular weight is 679 g/mol. The summed E-state index contributed by atoms with van der Waals surface area (Å²) in [6, 6.07) is 9.33. The van der Waals surface area contributed by atoms with Crippen LogP contribution in [0.15, 0.2) is 47.5 Å². The highest BCUT2D eigenvalue weighted by Gasteiger charge is 2.40. The number of hydrogen-bond donors (Lipinski definition) is 1. The first-order valence-electron chi connectivity index (χ1n) is 14.3. The van der Waals surface area contributed by atoms with Crippen LogP contribution in [0.1, 0.15) is 81.0 Å². The molecule has 228 valence electrons. The Bertz CT molecular complexity index is 1380. The number of carbonyl (C=O) groups is 1.